The van der Waals surface area contributed by atoms with E-state index in [0.717, 1.165) is 6.92 Å². The van der Waals surface area contributed by atoms with Gasteiger partial charge < -0.3 is 10.8 Å². The first kappa shape index (κ1) is 13.6. The van der Waals surface area contributed by atoms with Crippen LogP contribution in [0.25, 0.3) is 0 Å². The van der Waals surface area contributed by atoms with Crippen molar-refractivity contribution in [2.24, 2.45) is 5.73 Å². The van der Waals surface area contributed by atoms with Gasteiger partial charge in [-0.2, -0.15) is 0 Å². The molecular weight excluding hydrogens is 200 g/mol. The van der Waals surface area contributed by atoms with E-state index in [2.05, 4.69) is 0 Å². The van der Waals surface area contributed by atoms with E-state index in [1.54, 1.807) is 0 Å². The standard InChI is InChI=1S/C9H16N2O4/c1-7(13)11(6-12)8(9(14)15)4-2-3-5-10/h6,8H,2-5,10H2,1H3,(H,14,15)/t8-/m0/s1. The lowest BCUT2D eigenvalue weighted by Gasteiger charge is -2.21. The third-order valence-corrected chi connectivity index (χ3v) is 2.03. The van der Waals surface area contributed by atoms with Crippen LogP contribution in [0.1, 0.15) is 26.2 Å². The molecule has 0 saturated heterocycles. The molecule has 0 spiro atoms. The maximum Gasteiger partial charge on any atom is 0.326 e. The van der Waals surface area contributed by atoms with E-state index in [-0.39, 0.29) is 12.8 Å². The monoisotopic (exact) mass is 216 g/mol. The fourth-order valence-corrected chi connectivity index (χ4v) is 1.23. The number of carbonyl (C=O) groups excluding carboxylic acids is 2. The normalized spacial score (nSPS) is 11.9. The van der Waals surface area contributed by atoms with Gasteiger partial charge in [0.25, 0.3) is 0 Å². The average molecular weight is 216 g/mol. The Morgan fingerprint density at radius 3 is 2.40 bits per heavy atom. The minimum atomic E-state index is -1.17. The summed E-state index contributed by atoms with van der Waals surface area (Å²) in [5, 5.41) is 8.84. The third kappa shape index (κ3) is 4.55. The maximum atomic E-state index is 11.0. The number of amides is 2. The number of rotatable bonds is 7. The first-order chi connectivity index (χ1) is 7.04. The molecule has 0 radical (unpaired) electrons. The van der Waals surface area contributed by atoms with Gasteiger partial charge in [0, 0.05) is 6.92 Å². The molecule has 0 aromatic carbocycles. The largest absolute Gasteiger partial charge is 0.480 e. The van der Waals surface area contributed by atoms with Crippen LogP contribution in [0.5, 0.6) is 0 Å². The van der Waals surface area contributed by atoms with Gasteiger partial charge in [0.05, 0.1) is 0 Å². The molecular formula is C9H16N2O4. The van der Waals surface area contributed by atoms with Crippen molar-refractivity contribution < 1.29 is 19.5 Å². The van der Waals surface area contributed by atoms with Gasteiger partial charge in [-0.15, -0.1) is 0 Å². The molecule has 0 unspecified atom stereocenters. The quantitative estimate of drug-likeness (QED) is 0.444. The number of nitrogens with two attached hydrogens (primary N) is 1. The molecule has 2 amide bonds. The van der Waals surface area contributed by atoms with Crippen molar-refractivity contribution in [3.8, 4) is 0 Å². The minimum absolute atomic E-state index is 0.241. The Morgan fingerprint density at radius 1 is 1.47 bits per heavy atom. The molecule has 0 aromatic heterocycles. The zero-order chi connectivity index (χ0) is 11.8. The first-order valence-electron chi connectivity index (χ1n) is 4.71. The van der Waals surface area contributed by atoms with E-state index in [9.17, 15) is 14.4 Å². The number of aliphatic carboxylic acids is 1. The predicted molar refractivity (Wildman–Crippen MR) is 52.9 cm³/mol. The summed E-state index contributed by atoms with van der Waals surface area (Å²) in [5.74, 6) is -1.74. The number of nitrogens with zero attached hydrogens (tertiary/aromatic N) is 1. The van der Waals surface area contributed by atoms with Crippen molar-refractivity contribution in [2.75, 3.05) is 6.54 Å². The molecule has 0 rings (SSSR count). The van der Waals surface area contributed by atoms with Crippen LogP contribution in [0, 0.1) is 0 Å². The third-order valence-electron chi connectivity index (χ3n) is 2.03. The van der Waals surface area contributed by atoms with Crippen LogP contribution in [0.4, 0.5) is 0 Å². The number of unbranched alkanes of at least 4 members (excludes halogenated alkanes) is 1. The topological polar surface area (TPSA) is 101 Å². The van der Waals surface area contributed by atoms with Gasteiger partial charge in [-0.3, -0.25) is 14.5 Å². The van der Waals surface area contributed by atoms with Crippen LogP contribution in [0.3, 0.4) is 0 Å². The number of hydrogen-bond donors (Lipinski definition) is 2. The Kier molecular flexibility index (Phi) is 6.28. The smallest absolute Gasteiger partial charge is 0.326 e. The first-order valence-corrected chi connectivity index (χ1v) is 4.71. The van der Waals surface area contributed by atoms with Crippen LogP contribution in [-0.4, -0.2) is 40.9 Å². The van der Waals surface area contributed by atoms with Crippen LogP contribution >= 0.6 is 0 Å². The van der Waals surface area contributed by atoms with Crippen molar-refractivity contribution >= 4 is 18.3 Å². The fraction of sp³-hybridized carbons (Fsp3) is 0.667. The number of imide groups is 1. The summed E-state index contributed by atoms with van der Waals surface area (Å²) < 4.78 is 0. The molecule has 15 heavy (non-hydrogen) atoms. The number of carboxylic acids is 1. The Labute approximate surface area is 88.0 Å². The van der Waals surface area contributed by atoms with Gasteiger partial charge in [-0.25, -0.2) is 4.79 Å². The van der Waals surface area contributed by atoms with Crippen LogP contribution < -0.4 is 5.73 Å². The van der Waals surface area contributed by atoms with Crippen LogP contribution in [-0.2, 0) is 14.4 Å². The Balaban J connectivity index is 4.42. The van der Waals surface area contributed by atoms with Gasteiger partial charge in [-0.05, 0) is 25.8 Å². The van der Waals surface area contributed by atoms with Gasteiger partial charge >= 0.3 is 5.97 Å². The lowest BCUT2D eigenvalue weighted by Crippen LogP contribution is -2.43. The zero-order valence-corrected chi connectivity index (χ0v) is 8.68. The molecule has 0 aliphatic carbocycles. The molecule has 86 valence electrons. The lowest BCUT2D eigenvalue weighted by molar-refractivity contribution is -0.153. The van der Waals surface area contributed by atoms with E-state index in [4.69, 9.17) is 10.8 Å². The van der Waals surface area contributed by atoms with Crippen LogP contribution in [0.2, 0.25) is 0 Å². The SMILES string of the molecule is CC(=O)N(C=O)[C@@H](CCCCN)C(=O)O. The van der Waals surface area contributed by atoms with Gasteiger partial charge in [0.15, 0.2) is 0 Å². The second kappa shape index (κ2) is 6.94. The Hall–Kier alpha value is -1.43. The zero-order valence-electron chi connectivity index (χ0n) is 8.68. The molecule has 0 aliphatic heterocycles. The summed E-state index contributed by atoms with van der Waals surface area (Å²) in [7, 11) is 0. The highest BCUT2D eigenvalue weighted by atomic mass is 16.4. The van der Waals surface area contributed by atoms with E-state index < -0.39 is 17.9 Å². The van der Waals surface area contributed by atoms with E-state index >= 15 is 0 Å². The summed E-state index contributed by atoms with van der Waals surface area (Å²) in [4.78, 5) is 33.0. The molecule has 0 fully saturated rings. The molecule has 6 nitrogen and oxygen atoms in total. The highest BCUT2D eigenvalue weighted by Crippen LogP contribution is 2.08. The Morgan fingerprint density at radius 2 is 2.07 bits per heavy atom. The van der Waals surface area contributed by atoms with E-state index in [1.165, 1.54) is 0 Å². The lowest BCUT2D eigenvalue weighted by atomic mass is 10.1. The van der Waals surface area contributed by atoms with Crippen LogP contribution in [0.15, 0.2) is 0 Å². The summed E-state index contributed by atoms with van der Waals surface area (Å²) >= 11 is 0. The fourth-order valence-electron chi connectivity index (χ4n) is 1.23. The predicted octanol–water partition coefficient (Wildman–Crippen LogP) is -0.426. The summed E-state index contributed by atoms with van der Waals surface area (Å²) in [5.41, 5.74) is 5.26. The van der Waals surface area contributed by atoms with Crippen molar-refractivity contribution in [3.63, 3.8) is 0 Å². The second-order valence-electron chi connectivity index (χ2n) is 3.17. The van der Waals surface area contributed by atoms with Gasteiger partial charge in [-0.1, -0.05) is 0 Å². The second-order valence-corrected chi connectivity index (χ2v) is 3.17. The number of carboxylic acid groups (broad SMARTS) is 1. The molecule has 3 N–H and O–H groups in total. The highest BCUT2D eigenvalue weighted by Gasteiger charge is 2.26. The summed E-state index contributed by atoms with van der Waals surface area (Å²) in [6.07, 6.45) is 1.74. The molecule has 6 heteroatoms. The number of hydrogen-bond acceptors (Lipinski definition) is 4. The molecule has 1 atom stereocenters. The number of carbonyl (C=O) groups is 3. The van der Waals surface area contributed by atoms with Gasteiger partial charge in [0.2, 0.25) is 12.3 Å². The average Bonchev–Trinajstić information content (AvgIpc) is 2.16. The van der Waals surface area contributed by atoms with Gasteiger partial charge in [0.1, 0.15) is 6.04 Å². The van der Waals surface area contributed by atoms with E-state index in [0.29, 0.717) is 24.3 Å². The molecule has 0 aromatic rings. The maximum absolute atomic E-state index is 11.0. The van der Waals surface area contributed by atoms with Crippen molar-refractivity contribution in [1.82, 2.24) is 4.90 Å². The summed E-state index contributed by atoms with van der Waals surface area (Å²) in [6.45, 7) is 1.63. The minimum Gasteiger partial charge on any atom is -0.480 e. The highest BCUT2D eigenvalue weighted by molar-refractivity contribution is 5.90. The molecule has 0 bridgehead atoms. The molecule has 0 saturated carbocycles. The molecule has 0 aliphatic rings. The van der Waals surface area contributed by atoms with E-state index in [1.807, 2.05) is 0 Å². The van der Waals surface area contributed by atoms with Crippen molar-refractivity contribution in [3.05, 3.63) is 0 Å². The molecule has 0 heterocycles. The Bertz CT molecular complexity index is 242. The van der Waals surface area contributed by atoms with Crippen molar-refractivity contribution in [2.45, 2.75) is 32.2 Å². The summed E-state index contributed by atoms with van der Waals surface area (Å²) in [6, 6.07) is -1.08. The van der Waals surface area contributed by atoms with Crippen molar-refractivity contribution in [1.29, 1.82) is 0 Å².